The minimum Gasteiger partial charge on any atom is -0.508 e. The highest BCUT2D eigenvalue weighted by Crippen LogP contribution is 2.36. The quantitative estimate of drug-likeness (QED) is 0.497. The third-order valence-electron chi connectivity index (χ3n) is 3.80. The summed E-state index contributed by atoms with van der Waals surface area (Å²) in [5.41, 5.74) is 0.974. The van der Waals surface area contributed by atoms with Crippen molar-refractivity contribution in [3.05, 3.63) is 35.4 Å². The molecule has 0 amide bonds. The van der Waals surface area contributed by atoms with Crippen molar-refractivity contribution in [2.45, 2.75) is 36.9 Å². The molecule has 1 aromatic rings. The van der Waals surface area contributed by atoms with Crippen LogP contribution in [0.1, 0.15) is 23.7 Å². The average Bonchev–Trinajstić information content (AvgIpc) is 2.54. The third-order valence-corrected chi connectivity index (χ3v) is 3.80. The number of rotatable bonds is 4. The number of ether oxygens (including phenoxy) is 1. The smallest absolute Gasteiger partial charge is 0.122 e. The Balaban J connectivity index is 2.25. The third kappa shape index (κ3) is 3.72. The SMILES string of the molecule is C#CCC=Cc1ccc([C@@H]2O[C@H](CO)[C@@H](O)[C@H](O)[C@H]2O)c(O)c1. The zero-order valence-electron chi connectivity index (χ0n) is 12.4. The number of hydrogen-bond donors (Lipinski definition) is 5. The van der Waals surface area contributed by atoms with Gasteiger partial charge in [0, 0.05) is 12.0 Å². The molecule has 5 atom stereocenters. The fourth-order valence-corrected chi connectivity index (χ4v) is 2.53. The number of aromatic hydroxyl groups is 1. The van der Waals surface area contributed by atoms with Gasteiger partial charge in [0.1, 0.15) is 36.3 Å². The molecule has 1 aliphatic rings. The summed E-state index contributed by atoms with van der Waals surface area (Å²) in [4.78, 5) is 0. The van der Waals surface area contributed by atoms with Crippen molar-refractivity contribution in [2.24, 2.45) is 0 Å². The van der Waals surface area contributed by atoms with Crippen LogP contribution in [0.4, 0.5) is 0 Å². The lowest BCUT2D eigenvalue weighted by Gasteiger charge is -2.40. The first-order valence-corrected chi connectivity index (χ1v) is 7.23. The van der Waals surface area contributed by atoms with Gasteiger partial charge < -0.3 is 30.3 Å². The average molecular weight is 320 g/mol. The number of hydrogen-bond acceptors (Lipinski definition) is 6. The Morgan fingerprint density at radius 1 is 1.17 bits per heavy atom. The predicted octanol–water partition coefficient (Wildman–Crippen LogP) is -0.0564. The number of allylic oxidation sites excluding steroid dienone is 1. The first-order chi connectivity index (χ1) is 11.0. The van der Waals surface area contributed by atoms with E-state index >= 15 is 0 Å². The maximum Gasteiger partial charge on any atom is 0.122 e. The molecule has 0 saturated carbocycles. The summed E-state index contributed by atoms with van der Waals surface area (Å²) < 4.78 is 5.42. The lowest BCUT2D eigenvalue weighted by atomic mass is 9.90. The second-order valence-corrected chi connectivity index (χ2v) is 5.38. The summed E-state index contributed by atoms with van der Waals surface area (Å²) in [6, 6.07) is 4.73. The number of aliphatic hydroxyl groups excluding tert-OH is 4. The Bertz CT molecular complexity index is 604. The van der Waals surface area contributed by atoms with Crippen molar-refractivity contribution in [1.82, 2.24) is 0 Å². The van der Waals surface area contributed by atoms with Gasteiger partial charge in [-0.15, -0.1) is 12.3 Å². The van der Waals surface area contributed by atoms with Crippen molar-refractivity contribution in [1.29, 1.82) is 0 Å². The highest BCUT2D eigenvalue weighted by molar-refractivity contribution is 5.54. The summed E-state index contributed by atoms with van der Waals surface area (Å²) in [5.74, 6) is 2.34. The monoisotopic (exact) mass is 320 g/mol. The first kappa shape index (κ1) is 17.5. The molecule has 1 aromatic carbocycles. The molecule has 0 aromatic heterocycles. The molecule has 1 saturated heterocycles. The van der Waals surface area contributed by atoms with Crippen LogP contribution >= 0.6 is 0 Å². The van der Waals surface area contributed by atoms with Crippen molar-refractivity contribution in [2.75, 3.05) is 6.61 Å². The van der Waals surface area contributed by atoms with E-state index < -0.39 is 37.1 Å². The molecule has 1 fully saturated rings. The number of benzene rings is 1. The van der Waals surface area contributed by atoms with E-state index in [4.69, 9.17) is 11.2 Å². The molecule has 1 heterocycles. The van der Waals surface area contributed by atoms with Gasteiger partial charge in [0.2, 0.25) is 0 Å². The molecule has 124 valence electrons. The minimum absolute atomic E-state index is 0.128. The van der Waals surface area contributed by atoms with Crippen molar-refractivity contribution in [3.8, 4) is 18.1 Å². The Labute approximate surface area is 134 Å². The normalized spacial score (nSPS) is 31.2. The zero-order valence-corrected chi connectivity index (χ0v) is 12.4. The molecular formula is C17H20O6. The molecule has 0 radical (unpaired) electrons. The number of phenolic OH excluding ortho intramolecular Hbond substituents is 1. The Morgan fingerprint density at radius 3 is 2.52 bits per heavy atom. The lowest BCUT2D eigenvalue weighted by Crippen LogP contribution is -2.55. The molecule has 0 aliphatic carbocycles. The van der Waals surface area contributed by atoms with Crippen LogP contribution in [-0.2, 0) is 4.74 Å². The fraction of sp³-hybridized carbons (Fsp3) is 0.412. The molecular weight excluding hydrogens is 300 g/mol. The van der Waals surface area contributed by atoms with Crippen LogP contribution in [0.3, 0.4) is 0 Å². The standard InChI is InChI=1S/C17H20O6/c1-2-3-4-5-10-6-7-11(12(19)8-10)17-16(22)15(21)14(20)13(9-18)23-17/h1,4-8,13-22H,3,9H2/t13-,14-,15+,16-,17+/m1/s1. The maximum atomic E-state index is 10.2. The molecule has 5 N–H and O–H groups in total. The van der Waals surface area contributed by atoms with Crippen LogP contribution in [0.5, 0.6) is 5.75 Å². The van der Waals surface area contributed by atoms with Crippen LogP contribution in [-0.4, -0.2) is 56.6 Å². The van der Waals surface area contributed by atoms with Gasteiger partial charge in [0.25, 0.3) is 0 Å². The van der Waals surface area contributed by atoms with Gasteiger partial charge in [-0.1, -0.05) is 24.3 Å². The van der Waals surface area contributed by atoms with E-state index in [2.05, 4.69) is 5.92 Å². The van der Waals surface area contributed by atoms with E-state index in [-0.39, 0.29) is 11.3 Å². The summed E-state index contributed by atoms with van der Waals surface area (Å²) in [7, 11) is 0. The summed E-state index contributed by atoms with van der Waals surface area (Å²) in [5, 5.41) is 49.0. The van der Waals surface area contributed by atoms with Crippen LogP contribution in [0.25, 0.3) is 6.08 Å². The number of phenols is 1. The van der Waals surface area contributed by atoms with E-state index in [1.807, 2.05) is 0 Å². The van der Waals surface area contributed by atoms with Crippen molar-refractivity contribution in [3.63, 3.8) is 0 Å². The number of terminal acetylenes is 1. The first-order valence-electron chi connectivity index (χ1n) is 7.23. The van der Waals surface area contributed by atoms with Crippen LogP contribution in [0.2, 0.25) is 0 Å². The van der Waals surface area contributed by atoms with E-state index in [0.29, 0.717) is 12.0 Å². The molecule has 0 bridgehead atoms. The maximum absolute atomic E-state index is 10.2. The largest absolute Gasteiger partial charge is 0.508 e. The van der Waals surface area contributed by atoms with Gasteiger partial charge in [-0.3, -0.25) is 0 Å². The topological polar surface area (TPSA) is 110 Å². The molecule has 6 heteroatoms. The minimum atomic E-state index is -1.49. The molecule has 0 unspecified atom stereocenters. The van der Waals surface area contributed by atoms with Crippen molar-refractivity contribution < 1.29 is 30.3 Å². The molecule has 1 aliphatic heterocycles. The van der Waals surface area contributed by atoms with E-state index in [1.165, 1.54) is 6.07 Å². The second-order valence-electron chi connectivity index (χ2n) is 5.38. The predicted molar refractivity (Wildman–Crippen MR) is 83.3 cm³/mol. The highest BCUT2D eigenvalue weighted by Gasteiger charge is 2.44. The van der Waals surface area contributed by atoms with E-state index in [0.717, 1.165) is 0 Å². The Kier molecular flexibility index (Phi) is 5.77. The molecule has 23 heavy (non-hydrogen) atoms. The zero-order chi connectivity index (χ0) is 17.0. The van der Waals surface area contributed by atoms with Gasteiger partial charge >= 0.3 is 0 Å². The van der Waals surface area contributed by atoms with E-state index in [9.17, 15) is 25.5 Å². The molecule has 2 rings (SSSR count). The van der Waals surface area contributed by atoms with Crippen molar-refractivity contribution >= 4 is 6.08 Å². The summed E-state index contributed by atoms with van der Waals surface area (Å²) >= 11 is 0. The van der Waals surface area contributed by atoms with Gasteiger partial charge in [-0.25, -0.2) is 0 Å². The Hall–Kier alpha value is -1.88. The molecule has 6 nitrogen and oxygen atoms in total. The number of aliphatic hydroxyl groups is 4. The van der Waals surface area contributed by atoms with Crippen LogP contribution < -0.4 is 0 Å². The summed E-state index contributed by atoms with van der Waals surface area (Å²) in [6.45, 7) is -0.519. The lowest BCUT2D eigenvalue weighted by molar-refractivity contribution is -0.232. The van der Waals surface area contributed by atoms with Crippen LogP contribution in [0, 0.1) is 12.3 Å². The fourth-order valence-electron chi connectivity index (χ4n) is 2.53. The molecule has 0 spiro atoms. The Morgan fingerprint density at radius 2 is 1.91 bits per heavy atom. The highest BCUT2D eigenvalue weighted by atomic mass is 16.5. The van der Waals surface area contributed by atoms with Gasteiger partial charge in [0.05, 0.1) is 6.61 Å². The summed E-state index contributed by atoms with van der Waals surface area (Å²) in [6.07, 6.45) is 2.70. The van der Waals surface area contributed by atoms with Crippen LogP contribution in [0.15, 0.2) is 24.3 Å². The van der Waals surface area contributed by atoms with Gasteiger partial charge in [-0.05, 0) is 11.6 Å². The second kappa shape index (κ2) is 7.59. The van der Waals surface area contributed by atoms with Gasteiger partial charge in [-0.2, -0.15) is 0 Å². The van der Waals surface area contributed by atoms with Gasteiger partial charge in [0.15, 0.2) is 0 Å². The van der Waals surface area contributed by atoms with E-state index in [1.54, 1.807) is 24.3 Å².